The van der Waals surface area contributed by atoms with Crippen LogP contribution in [0.2, 0.25) is 0 Å². The summed E-state index contributed by atoms with van der Waals surface area (Å²) in [7, 11) is 0. The molecule has 1 atom stereocenters. The summed E-state index contributed by atoms with van der Waals surface area (Å²) in [4.78, 5) is 21.7. The number of hydrogen-bond donors (Lipinski definition) is 2. The van der Waals surface area contributed by atoms with Crippen LogP contribution in [0.5, 0.6) is 0 Å². The monoisotopic (exact) mass is 245 g/mol. The molecule has 0 radical (unpaired) electrons. The molecule has 0 aromatic rings. The molecule has 0 bridgehead atoms. The third-order valence-corrected chi connectivity index (χ3v) is 4.13. The molecule has 4 nitrogen and oxygen atoms in total. The van der Waals surface area contributed by atoms with Crippen LogP contribution in [0.4, 0.5) is 0 Å². The van der Waals surface area contributed by atoms with E-state index in [4.69, 9.17) is 10.8 Å². The topological polar surface area (TPSA) is 80.4 Å². The maximum Gasteiger partial charge on any atom is 0.328 e. The molecule has 1 fully saturated rings. The van der Waals surface area contributed by atoms with Gasteiger partial charge in [0.1, 0.15) is 0 Å². The minimum Gasteiger partial charge on any atom is -0.480 e. The highest BCUT2D eigenvalue weighted by Crippen LogP contribution is 2.26. The van der Waals surface area contributed by atoms with Crippen molar-refractivity contribution in [2.75, 3.05) is 11.5 Å². The first kappa shape index (κ1) is 13.5. The van der Waals surface area contributed by atoms with Gasteiger partial charge in [-0.2, -0.15) is 11.8 Å². The van der Waals surface area contributed by atoms with Crippen LogP contribution < -0.4 is 5.73 Å². The molecule has 0 heterocycles. The summed E-state index contributed by atoms with van der Waals surface area (Å²) in [5.74, 6) is 0.270. The first-order chi connectivity index (χ1) is 7.61. The lowest BCUT2D eigenvalue weighted by Gasteiger charge is -2.20. The Hall–Kier alpha value is -0.550. The lowest BCUT2D eigenvalue weighted by Crippen LogP contribution is -2.39. The van der Waals surface area contributed by atoms with E-state index in [2.05, 4.69) is 0 Å². The summed E-state index contributed by atoms with van der Waals surface area (Å²) >= 11 is 1.52. The summed E-state index contributed by atoms with van der Waals surface area (Å²) in [6.07, 6.45) is 6.38. The van der Waals surface area contributed by atoms with Gasteiger partial charge in [0.05, 0.1) is 5.75 Å². The van der Waals surface area contributed by atoms with Crippen molar-refractivity contribution in [2.45, 2.75) is 38.1 Å². The summed E-state index contributed by atoms with van der Waals surface area (Å²) in [5, 5.41) is 8.55. The largest absolute Gasteiger partial charge is 0.480 e. The zero-order valence-corrected chi connectivity index (χ0v) is 10.2. The first-order valence-corrected chi connectivity index (χ1v) is 6.85. The number of aliphatic carboxylic acids is 1. The molecule has 1 rings (SSSR count). The highest BCUT2D eigenvalue weighted by Gasteiger charge is 2.21. The van der Waals surface area contributed by atoms with Gasteiger partial charge in [-0.3, -0.25) is 9.59 Å². The lowest BCUT2D eigenvalue weighted by atomic mass is 9.91. The standard InChI is InChI=1S/C11H19NO3S/c12-10(11(14)15)9(13)7-16-6-8-4-2-1-3-5-8/h8,10H,1-7,12H2,(H,14,15). The summed E-state index contributed by atoms with van der Waals surface area (Å²) < 4.78 is 0. The average molecular weight is 245 g/mol. The molecule has 5 heteroatoms. The van der Waals surface area contributed by atoms with Gasteiger partial charge >= 0.3 is 5.97 Å². The van der Waals surface area contributed by atoms with Crippen molar-refractivity contribution in [3.05, 3.63) is 0 Å². The molecule has 0 aromatic heterocycles. The van der Waals surface area contributed by atoms with Gasteiger partial charge in [0.2, 0.25) is 0 Å². The normalized spacial score (nSPS) is 19.3. The Balaban J connectivity index is 2.14. The molecular formula is C11H19NO3S. The minimum atomic E-state index is -1.35. The van der Waals surface area contributed by atoms with Crippen LogP contribution >= 0.6 is 11.8 Å². The number of carboxylic acids is 1. The van der Waals surface area contributed by atoms with Crippen molar-refractivity contribution in [1.82, 2.24) is 0 Å². The minimum absolute atomic E-state index is 0.226. The third kappa shape index (κ3) is 4.53. The van der Waals surface area contributed by atoms with Crippen LogP contribution in [0, 0.1) is 5.92 Å². The maximum absolute atomic E-state index is 11.3. The van der Waals surface area contributed by atoms with E-state index in [0.29, 0.717) is 5.92 Å². The van der Waals surface area contributed by atoms with Crippen molar-refractivity contribution in [1.29, 1.82) is 0 Å². The summed E-state index contributed by atoms with van der Waals surface area (Å²) in [5.41, 5.74) is 5.22. The van der Waals surface area contributed by atoms with Gasteiger partial charge in [-0.1, -0.05) is 19.3 Å². The van der Waals surface area contributed by atoms with Gasteiger partial charge < -0.3 is 10.8 Å². The van der Waals surface area contributed by atoms with Gasteiger partial charge in [-0.25, -0.2) is 0 Å². The number of carbonyl (C=O) groups is 2. The number of nitrogens with two attached hydrogens (primary N) is 1. The molecule has 0 amide bonds. The van der Waals surface area contributed by atoms with Gasteiger partial charge in [-0.05, 0) is 24.5 Å². The van der Waals surface area contributed by atoms with Crippen LogP contribution in [0.1, 0.15) is 32.1 Å². The molecule has 3 N–H and O–H groups in total. The molecule has 0 aliphatic heterocycles. The second-order valence-corrected chi connectivity index (χ2v) is 5.33. The van der Waals surface area contributed by atoms with Crippen LogP contribution in [0.25, 0.3) is 0 Å². The second-order valence-electron chi connectivity index (χ2n) is 4.30. The number of carboxylic acid groups (broad SMARTS) is 1. The van der Waals surface area contributed by atoms with Crippen molar-refractivity contribution in [3.8, 4) is 0 Å². The zero-order chi connectivity index (χ0) is 12.0. The molecule has 0 spiro atoms. The molecule has 92 valence electrons. The smallest absolute Gasteiger partial charge is 0.328 e. The molecule has 0 aromatic carbocycles. The predicted octanol–water partition coefficient (Wildman–Crippen LogP) is 1.28. The SMILES string of the molecule is NC(C(=O)O)C(=O)CSCC1CCCCC1. The Morgan fingerprint density at radius 1 is 1.31 bits per heavy atom. The lowest BCUT2D eigenvalue weighted by molar-refractivity contribution is -0.141. The Labute approximate surface area is 100.0 Å². The van der Waals surface area contributed by atoms with E-state index in [1.165, 1.54) is 43.9 Å². The number of rotatable bonds is 6. The average Bonchev–Trinajstić information content (AvgIpc) is 2.29. The van der Waals surface area contributed by atoms with E-state index < -0.39 is 12.0 Å². The Kier molecular flexibility index (Phi) is 5.84. The Morgan fingerprint density at radius 2 is 1.94 bits per heavy atom. The van der Waals surface area contributed by atoms with E-state index in [9.17, 15) is 9.59 Å². The molecule has 1 unspecified atom stereocenters. The molecule has 1 saturated carbocycles. The third-order valence-electron chi connectivity index (χ3n) is 2.94. The highest BCUT2D eigenvalue weighted by molar-refractivity contribution is 7.99. The molecule has 1 aliphatic rings. The fourth-order valence-electron chi connectivity index (χ4n) is 1.91. The first-order valence-electron chi connectivity index (χ1n) is 5.70. The fraction of sp³-hybridized carbons (Fsp3) is 0.818. The number of hydrogen-bond acceptors (Lipinski definition) is 4. The van der Waals surface area contributed by atoms with Gasteiger partial charge in [0.15, 0.2) is 11.8 Å². The highest BCUT2D eigenvalue weighted by atomic mass is 32.2. The van der Waals surface area contributed by atoms with E-state index >= 15 is 0 Å². The molecular weight excluding hydrogens is 226 g/mol. The molecule has 1 aliphatic carbocycles. The van der Waals surface area contributed by atoms with Gasteiger partial charge in [0.25, 0.3) is 0 Å². The van der Waals surface area contributed by atoms with E-state index in [1.807, 2.05) is 0 Å². The van der Waals surface area contributed by atoms with Crippen molar-refractivity contribution >= 4 is 23.5 Å². The van der Waals surface area contributed by atoms with Crippen LogP contribution in [-0.2, 0) is 9.59 Å². The Bertz CT molecular complexity index is 252. The number of Topliss-reactive ketones (excluding diaryl/α,β-unsaturated/α-hetero) is 1. The number of thioether (sulfide) groups is 1. The van der Waals surface area contributed by atoms with E-state index in [0.717, 1.165) is 5.75 Å². The number of carbonyl (C=O) groups excluding carboxylic acids is 1. The predicted molar refractivity (Wildman–Crippen MR) is 64.5 cm³/mol. The maximum atomic E-state index is 11.3. The van der Waals surface area contributed by atoms with Crippen molar-refractivity contribution in [3.63, 3.8) is 0 Å². The van der Waals surface area contributed by atoms with Gasteiger partial charge in [0, 0.05) is 0 Å². The number of ketones is 1. The Morgan fingerprint density at radius 3 is 2.50 bits per heavy atom. The fourth-order valence-corrected chi connectivity index (χ4v) is 3.07. The van der Waals surface area contributed by atoms with Crippen molar-refractivity contribution in [2.24, 2.45) is 11.7 Å². The molecule has 16 heavy (non-hydrogen) atoms. The van der Waals surface area contributed by atoms with Crippen LogP contribution in [-0.4, -0.2) is 34.4 Å². The van der Waals surface area contributed by atoms with Gasteiger partial charge in [-0.15, -0.1) is 0 Å². The van der Waals surface area contributed by atoms with Crippen LogP contribution in [0.3, 0.4) is 0 Å². The quantitative estimate of drug-likeness (QED) is 0.689. The zero-order valence-electron chi connectivity index (χ0n) is 9.35. The molecule has 0 saturated heterocycles. The van der Waals surface area contributed by atoms with E-state index in [-0.39, 0.29) is 11.5 Å². The van der Waals surface area contributed by atoms with Crippen LogP contribution in [0.15, 0.2) is 0 Å². The summed E-state index contributed by atoms with van der Waals surface area (Å²) in [6.45, 7) is 0. The summed E-state index contributed by atoms with van der Waals surface area (Å²) in [6, 6.07) is -1.35. The second kappa shape index (κ2) is 6.91. The van der Waals surface area contributed by atoms with E-state index in [1.54, 1.807) is 0 Å². The van der Waals surface area contributed by atoms with Crippen molar-refractivity contribution < 1.29 is 14.7 Å².